The summed E-state index contributed by atoms with van der Waals surface area (Å²) in [5.41, 5.74) is -1.05. The van der Waals surface area contributed by atoms with Crippen LogP contribution in [0.25, 0.3) is 0 Å². The number of hydrogen-bond acceptors (Lipinski definition) is 4. The molecule has 8 nitrogen and oxygen atoms in total. The number of alkyl carbamates (subject to hydrolysis) is 1. The van der Waals surface area contributed by atoms with E-state index in [9.17, 15) is 4.79 Å². The van der Waals surface area contributed by atoms with Crippen LogP contribution < -0.4 is 16.0 Å². The van der Waals surface area contributed by atoms with Gasteiger partial charge in [-0.25, -0.2) is 4.79 Å². The molecule has 0 aliphatic rings. The van der Waals surface area contributed by atoms with E-state index in [0.717, 1.165) is 25.6 Å². The summed E-state index contributed by atoms with van der Waals surface area (Å²) in [6.07, 6.45) is 3.31. The monoisotopic (exact) mass is 508 g/mol. The quantitative estimate of drug-likeness (QED) is 0.285. The third kappa shape index (κ3) is 12.0. The van der Waals surface area contributed by atoms with E-state index in [-0.39, 0.29) is 24.0 Å². The Bertz CT molecular complexity index is 596. The van der Waals surface area contributed by atoms with Crippen LogP contribution in [0.15, 0.2) is 23.5 Å². The van der Waals surface area contributed by atoms with Crippen molar-refractivity contribution < 1.29 is 9.53 Å². The summed E-state index contributed by atoms with van der Waals surface area (Å²) in [5.74, 6) is 1.12. The standard InChI is InChI=1S/C19H36N6O2.HI/c1-8-20-16(21-12-15(2)13-25-11-9-10-23-25)22-14-19(6,7)24-17(26)27-18(3,4)5;/h9-11,15H,8,12-14H2,1-7H3,(H,24,26)(H2,20,21,22);1H. The minimum Gasteiger partial charge on any atom is -0.444 e. The zero-order chi connectivity index (χ0) is 20.5. The van der Waals surface area contributed by atoms with Crippen LogP contribution in [0.5, 0.6) is 0 Å². The second kappa shape index (κ2) is 12.1. The number of halogens is 1. The summed E-state index contributed by atoms with van der Waals surface area (Å²) < 4.78 is 7.24. The number of amides is 1. The predicted molar refractivity (Wildman–Crippen MR) is 124 cm³/mol. The maximum absolute atomic E-state index is 12.0. The first-order valence-corrected chi connectivity index (χ1v) is 9.51. The van der Waals surface area contributed by atoms with Crippen molar-refractivity contribution in [2.45, 2.75) is 66.2 Å². The van der Waals surface area contributed by atoms with Crippen LogP contribution in [0.2, 0.25) is 0 Å². The fourth-order valence-electron chi connectivity index (χ4n) is 2.30. The second-order valence-corrected chi connectivity index (χ2v) is 8.42. The molecule has 0 saturated carbocycles. The molecule has 1 heterocycles. The Morgan fingerprint density at radius 1 is 1.25 bits per heavy atom. The summed E-state index contributed by atoms with van der Waals surface area (Å²) in [4.78, 5) is 16.6. The molecular formula is C19H37IN6O2. The van der Waals surface area contributed by atoms with E-state index >= 15 is 0 Å². The number of carbonyl (C=O) groups is 1. The molecule has 1 aromatic rings. The Morgan fingerprint density at radius 2 is 1.93 bits per heavy atom. The summed E-state index contributed by atoms with van der Waals surface area (Å²) >= 11 is 0. The van der Waals surface area contributed by atoms with Crippen LogP contribution in [0, 0.1) is 5.92 Å². The highest BCUT2D eigenvalue weighted by atomic mass is 127. The topological polar surface area (TPSA) is 92.6 Å². The molecule has 162 valence electrons. The molecule has 1 atom stereocenters. The normalized spacial score (nSPS) is 13.3. The lowest BCUT2D eigenvalue weighted by Crippen LogP contribution is -2.49. The van der Waals surface area contributed by atoms with Gasteiger partial charge in [0.2, 0.25) is 0 Å². The van der Waals surface area contributed by atoms with E-state index in [4.69, 9.17) is 4.74 Å². The van der Waals surface area contributed by atoms with Gasteiger partial charge < -0.3 is 20.7 Å². The maximum atomic E-state index is 12.0. The first-order valence-electron chi connectivity index (χ1n) is 9.51. The minimum atomic E-state index is -0.523. The molecule has 0 bridgehead atoms. The van der Waals surface area contributed by atoms with Gasteiger partial charge in [0.05, 0.1) is 12.1 Å². The maximum Gasteiger partial charge on any atom is 0.408 e. The van der Waals surface area contributed by atoms with E-state index in [1.807, 2.05) is 58.5 Å². The van der Waals surface area contributed by atoms with Gasteiger partial charge in [-0.15, -0.1) is 24.0 Å². The highest BCUT2D eigenvalue weighted by Crippen LogP contribution is 2.09. The lowest BCUT2D eigenvalue weighted by atomic mass is 10.1. The van der Waals surface area contributed by atoms with Crippen LogP contribution in [0.3, 0.4) is 0 Å². The van der Waals surface area contributed by atoms with Gasteiger partial charge in [-0.1, -0.05) is 6.92 Å². The molecule has 0 spiro atoms. The largest absolute Gasteiger partial charge is 0.444 e. The molecule has 1 aromatic heterocycles. The number of nitrogens with one attached hydrogen (secondary N) is 3. The highest BCUT2D eigenvalue weighted by molar-refractivity contribution is 14.0. The number of aliphatic imine (C=N–C) groups is 1. The van der Waals surface area contributed by atoms with Crippen LogP contribution in [-0.2, 0) is 11.3 Å². The Labute approximate surface area is 186 Å². The van der Waals surface area contributed by atoms with E-state index in [1.165, 1.54) is 0 Å². The number of nitrogens with zero attached hydrogens (tertiary/aromatic N) is 3. The van der Waals surface area contributed by atoms with Gasteiger partial charge in [-0.3, -0.25) is 9.67 Å². The van der Waals surface area contributed by atoms with E-state index in [0.29, 0.717) is 12.5 Å². The summed E-state index contributed by atoms with van der Waals surface area (Å²) in [6, 6.07) is 1.92. The Kier molecular flexibility index (Phi) is 11.5. The molecule has 28 heavy (non-hydrogen) atoms. The lowest BCUT2D eigenvalue weighted by molar-refractivity contribution is 0.0476. The van der Waals surface area contributed by atoms with Crippen molar-refractivity contribution in [2.24, 2.45) is 10.9 Å². The molecule has 3 N–H and O–H groups in total. The van der Waals surface area contributed by atoms with Gasteiger partial charge in [0.25, 0.3) is 0 Å². The third-order valence-electron chi connectivity index (χ3n) is 3.49. The lowest BCUT2D eigenvalue weighted by Gasteiger charge is -2.27. The first kappa shape index (κ1) is 26.5. The average Bonchev–Trinajstić information content (AvgIpc) is 3.00. The summed E-state index contributed by atoms with van der Waals surface area (Å²) in [6.45, 7) is 16.3. The Hall–Kier alpha value is -1.52. The van der Waals surface area contributed by atoms with Crippen molar-refractivity contribution in [1.29, 1.82) is 0 Å². The zero-order valence-corrected chi connectivity index (χ0v) is 20.5. The molecular weight excluding hydrogens is 471 g/mol. The van der Waals surface area contributed by atoms with Gasteiger partial charge in [0, 0.05) is 32.0 Å². The van der Waals surface area contributed by atoms with E-state index in [1.54, 1.807) is 6.20 Å². The molecule has 1 rings (SSSR count). The smallest absolute Gasteiger partial charge is 0.408 e. The number of hydrogen-bond donors (Lipinski definition) is 3. The second-order valence-electron chi connectivity index (χ2n) is 8.42. The highest BCUT2D eigenvalue weighted by Gasteiger charge is 2.24. The van der Waals surface area contributed by atoms with Crippen LogP contribution in [0.4, 0.5) is 4.79 Å². The third-order valence-corrected chi connectivity index (χ3v) is 3.49. The van der Waals surface area contributed by atoms with Crippen molar-refractivity contribution >= 4 is 36.0 Å². The zero-order valence-electron chi connectivity index (χ0n) is 18.2. The Morgan fingerprint density at radius 3 is 2.46 bits per heavy atom. The van der Waals surface area contributed by atoms with E-state index < -0.39 is 17.2 Å². The van der Waals surface area contributed by atoms with Crippen LogP contribution in [0.1, 0.15) is 48.5 Å². The van der Waals surface area contributed by atoms with Gasteiger partial charge in [0.15, 0.2) is 5.96 Å². The van der Waals surface area contributed by atoms with Crippen molar-refractivity contribution in [1.82, 2.24) is 25.7 Å². The number of rotatable bonds is 8. The average molecular weight is 508 g/mol. The fraction of sp³-hybridized carbons (Fsp3) is 0.737. The SMILES string of the molecule is CCNC(=NCC(C)(C)NC(=O)OC(C)(C)C)NCC(C)Cn1cccn1.I. The van der Waals surface area contributed by atoms with Crippen molar-refractivity contribution in [3.05, 3.63) is 18.5 Å². The van der Waals surface area contributed by atoms with Crippen molar-refractivity contribution in [3.8, 4) is 0 Å². The molecule has 9 heteroatoms. The first-order chi connectivity index (χ1) is 12.5. The number of guanidine groups is 1. The number of aromatic nitrogens is 2. The molecule has 0 aliphatic heterocycles. The fourth-order valence-corrected chi connectivity index (χ4v) is 2.30. The molecule has 0 radical (unpaired) electrons. The Balaban J connectivity index is 0.00000729. The molecule has 1 amide bonds. The van der Waals surface area contributed by atoms with Crippen LogP contribution in [-0.4, -0.2) is 52.6 Å². The van der Waals surface area contributed by atoms with Gasteiger partial charge in [-0.2, -0.15) is 5.10 Å². The van der Waals surface area contributed by atoms with Crippen LogP contribution >= 0.6 is 24.0 Å². The van der Waals surface area contributed by atoms with Crippen molar-refractivity contribution in [3.63, 3.8) is 0 Å². The van der Waals surface area contributed by atoms with Crippen molar-refractivity contribution in [2.75, 3.05) is 19.6 Å². The van der Waals surface area contributed by atoms with Gasteiger partial charge in [0.1, 0.15) is 5.60 Å². The number of ether oxygens (including phenoxy) is 1. The predicted octanol–water partition coefficient (Wildman–Crippen LogP) is 3.00. The van der Waals surface area contributed by atoms with Gasteiger partial charge >= 0.3 is 6.09 Å². The molecule has 0 aromatic carbocycles. The summed E-state index contributed by atoms with van der Waals surface area (Å²) in [7, 11) is 0. The molecule has 0 saturated heterocycles. The molecule has 1 unspecified atom stereocenters. The minimum absolute atomic E-state index is 0. The molecule has 0 aliphatic carbocycles. The number of carbonyl (C=O) groups excluding carboxylic acids is 1. The molecule has 0 fully saturated rings. The van der Waals surface area contributed by atoms with E-state index in [2.05, 4.69) is 33.0 Å². The van der Waals surface area contributed by atoms with Gasteiger partial charge in [-0.05, 0) is 53.5 Å². The summed E-state index contributed by atoms with van der Waals surface area (Å²) in [5, 5.41) is 13.7.